The molecule has 0 bridgehead atoms. The third-order valence-corrected chi connectivity index (χ3v) is 3.40. The summed E-state index contributed by atoms with van der Waals surface area (Å²) in [4.78, 5) is 0. The minimum atomic E-state index is -0.189. The van der Waals surface area contributed by atoms with Crippen LogP contribution in [-0.2, 0) is 6.42 Å². The van der Waals surface area contributed by atoms with E-state index in [4.69, 9.17) is 11.6 Å². The van der Waals surface area contributed by atoms with Crippen molar-refractivity contribution in [2.75, 3.05) is 6.54 Å². The van der Waals surface area contributed by atoms with Crippen LogP contribution in [0, 0.1) is 5.82 Å². The Morgan fingerprint density at radius 3 is 2.32 bits per heavy atom. The first-order valence-electron chi connectivity index (χ1n) is 6.38. The van der Waals surface area contributed by atoms with Crippen LogP contribution in [0.25, 0.3) is 0 Å². The van der Waals surface area contributed by atoms with E-state index in [0.717, 1.165) is 23.6 Å². The van der Waals surface area contributed by atoms with E-state index in [1.165, 1.54) is 17.7 Å². The van der Waals surface area contributed by atoms with Crippen molar-refractivity contribution >= 4 is 11.6 Å². The molecule has 19 heavy (non-hydrogen) atoms. The van der Waals surface area contributed by atoms with E-state index in [1.54, 1.807) is 0 Å². The molecule has 0 heterocycles. The molecule has 0 aliphatic carbocycles. The Balaban J connectivity index is 1.82. The molecular formula is C16H17ClFN. The number of rotatable bonds is 5. The van der Waals surface area contributed by atoms with E-state index in [2.05, 4.69) is 12.2 Å². The van der Waals surface area contributed by atoms with Crippen LogP contribution in [0.2, 0.25) is 5.02 Å². The third-order valence-electron chi connectivity index (χ3n) is 3.15. The largest absolute Gasteiger partial charge is 0.310 e. The van der Waals surface area contributed by atoms with Gasteiger partial charge in [-0.2, -0.15) is 0 Å². The summed E-state index contributed by atoms with van der Waals surface area (Å²) >= 11 is 5.86. The first-order valence-corrected chi connectivity index (χ1v) is 6.76. The van der Waals surface area contributed by atoms with Gasteiger partial charge >= 0.3 is 0 Å². The van der Waals surface area contributed by atoms with E-state index >= 15 is 0 Å². The SMILES string of the molecule is CC(NCCc1ccc(F)cc1)c1ccc(Cl)cc1. The second-order valence-electron chi connectivity index (χ2n) is 4.60. The fraction of sp³-hybridized carbons (Fsp3) is 0.250. The minimum absolute atomic E-state index is 0.189. The number of benzene rings is 2. The molecule has 1 nitrogen and oxygen atoms in total. The molecule has 0 fully saturated rings. The molecule has 100 valence electrons. The van der Waals surface area contributed by atoms with Crippen LogP contribution in [0.5, 0.6) is 0 Å². The highest BCUT2D eigenvalue weighted by Crippen LogP contribution is 2.16. The zero-order valence-corrected chi connectivity index (χ0v) is 11.6. The summed E-state index contributed by atoms with van der Waals surface area (Å²) < 4.78 is 12.8. The van der Waals surface area contributed by atoms with Gasteiger partial charge in [-0.25, -0.2) is 4.39 Å². The smallest absolute Gasteiger partial charge is 0.123 e. The molecule has 1 N–H and O–H groups in total. The second kappa shape index (κ2) is 6.69. The third kappa shape index (κ3) is 4.34. The predicted molar refractivity (Wildman–Crippen MR) is 78.0 cm³/mol. The molecule has 2 aromatic rings. The Hall–Kier alpha value is -1.38. The zero-order chi connectivity index (χ0) is 13.7. The van der Waals surface area contributed by atoms with Crippen molar-refractivity contribution < 1.29 is 4.39 Å². The van der Waals surface area contributed by atoms with Gasteiger partial charge in [0.25, 0.3) is 0 Å². The van der Waals surface area contributed by atoms with Crippen molar-refractivity contribution in [1.29, 1.82) is 0 Å². The fourth-order valence-corrected chi connectivity index (χ4v) is 2.08. The molecule has 3 heteroatoms. The first kappa shape index (κ1) is 14.0. The molecule has 0 radical (unpaired) electrons. The lowest BCUT2D eigenvalue weighted by atomic mass is 10.1. The monoisotopic (exact) mass is 277 g/mol. The first-order chi connectivity index (χ1) is 9.15. The zero-order valence-electron chi connectivity index (χ0n) is 10.9. The summed E-state index contributed by atoms with van der Waals surface area (Å²) in [6.07, 6.45) is 0.887. The van der Waals surface area contributed by atoms with E-state index in [9.17, 15) is 4.39 Å². The van der Waals surface area contributed by atoms with Gasteiger partial charge in [0.1, 0.15) is 5.82 Å². The van der Waals surface area contributed by atoms with E-state index < -0.39 is 0 Å². The number of hydrogen-bond acceptors (Lipinski definition) is 1. The quantitative estimate of drug-likeness (QED) is 0.856. The molecule has 0 saturated heterocycles. The molecule has 2 rings (SSSR count). The van der Waals surface area contributed by atoms with E-state index in [1.807, 2.05) is 36.4 Å². The predicted octanol–water partition coefficient (Wildman–Crippen LogP) is 4.37. The van der Waals surface area contributed by atoms with Crippen molar-refractivity contribution in [2.45, 2.75) is 19.4 Å². The Morgan fingerprint density at radius 1 is 1.05 bits per heavy atom. The Kier molecular flexibility index (Phi) is 4.94. The number of halogens is 2. The molecule has 0 saturated carbocycles. The molecule has 1 atom stereocenters. The molecule has 1 unspecified atom stereocenters. The van der Waals surface area contributed by atoms with Crippen molar-refractivity contribution in [3.05, 3.63) is 70.5 Å². The Labute approximate surface area is 118 Å². The lowest BCUT2D eigenvalue weighted by Gasteiger charge is -2.14. The molecule has 0 amide bonds. The normalized spacial score (nSPS) is 12.4. The summed E-state index contributed by atoms with van der Waals surface area (Å²) in [7, 11) is 0. The topological polar surface area (TPSA) is 12.0 Å². The van der Waals surface area contributed by atoms with Crippen LogP contribution in [0.1, 0.15) is 24.1 Å². The molecule has 0 spiro atoms. The second-order valence-corrected chi connectivity index (χ2v) is 5.04. The van der Waals surface area contributed by atoms with Gasteiger partial charge in [0, 0.05) is 11.1 Å². The molecule has 0 aromatic heterocycles. The van der Waals surface area contributed by atoms with Crippen LogP contribution < -0.4 is 5.32 Å². The highest BCUT2D eigenvalue weighted by molar-refractivity contribution is 6.30. The average molecular weight is 278 g/mol. The van der Waals surface area contributed by atoms with Gasteiger partial charge < -0.3 is 5.32 Å². The number of nitrogens with one attached hydrogen (secondary N) is 1. The standard InChI is InChI=1S/C16H17ClFN/c1-12(14-4-6-15(17)7-5-14)19-11-10-13-2-8-16(18)9-3-13/h2-9,12,19H,10-11H2,1H3. The molecule has 2 aromatic carbocycles. The molecule has 0 aliphatic rings. The summed E-state index contributed by atoms with van der Waals surface area (Å²) in [5.41, 5.74) is 2.35. The van der Waals surface area contributed by atoms with Crippen LogP contribution in [-0.4, -0.2) is 6.54 Å². The van der Waals surface area contributed by atoms with Gasteiger partial charge in [0.2, 0.25) is 0 Å². The van der Waals surface area contributed by atoms with Gasteiger partial charge in [-0.05, 0) is 55.3 Å². The summed E-state index contributed by atoms with van der Waals surface area (Å²) in [5.74, 6) is -0.189. The van der Waals surface area contributed by atoms with E-state index in [0.29, 0.717) is 0 Å². The fourth-order valence-electron chi connectivity index (χ4n) is 1.95. The van der Waals surface area contributed by atoms with Crippen molar-refractivity contribution in [3.63, 3.8) is 0 Å². The van der Waals surface area contributed by atoms with Gasteiger partial charge in [0.05, 0.1) is 0 Å². The highest BCUT2D eigenvalue weighted by Gasteiger charge is 2.04. The van der Waals surface area contributed by atoms with Crippen molar-refractivity contribution in [2.24, 2.45) is 0 Å². The van der Waals surface area contributed by atoms with Crippen LogP contribution in [0.4, 0.5) is 4.39 Å². The van der Waals surface area contributed by atoms with Crippen LogP contribution in [0.15, 0.2) is 48.5 Å². The van der Waals surface area contributed by atoms with Gasteiger partial charge in [-0.3, -0.25) is 0 Å². The van der Waals surface area contributed by atoms with Gasteiger partial charge in [-0.15, -0.1) is 0 Å². The molecular weight excluding hydrogens is 261 g/mol. The Morgan fingerprint density at radius 2 is 1.68 bits per heavy atom. The van der Waals surface area contributed by atoms with Crippen molar-refractivity contribution in [1.82, 2.24) is 5.32 Å². The highest BCUT2D eigenvalue weighted by atomic mass is 35.5. The minimum Gasteiger partial charge on any atom is -0.310 e. The van der Waals surface area contributed by atoms with Crippen molar-refractivity contribution in [3.8, 4) is 0 Å². The van der Waals surface area contributed by atoms with Gasteiger partial charge in [0.15, 0.2) is 0 Å². The number of hydrogen-bond donors (Lipinski definition) is 1. The maximum atomic E-state index is 12.8. The maximum absolute atomic E-state index is 12.8. The Bertz CT molecular complexity index is 507. The van der Waals surface area contributed by atoms with E-state index in [-0.39, 0.29) is 11.9 Å². The van der Waals surface area contributed by atoms with Crippen LogP contribution in [0.3, 0.4) is 0 Å². The summed E-state index contributed by atoms with van der Waals surface area (Å²) in [6, 6.07) is 14.8. The lowest BCUT2D eigenvalue weighted by molar-refractivity contribution is 0.576. The summed E-state index contributed by atoms with van der Waals surface area (Å²) in [5, 5.41) is 4.20. The molecule has 0 aliphatic heterocycles. The maximum Gasteiger partial charge on any atom is 0.123 e. The summed E-state index contributed by atoms with van der Waals surface area (Å²) in [6.45, 7) is 2.98. The van der Waals surface area contributed by atoms with Gasteiger partial charge in [-0.1, -0.05) is 35.9 Å². The average Bonchev–Trinajstić information content (AvgIpc) is 2.41. The lowest BCUT2D eigenvalue weighted by Crippen LogP contribution is -2.21. The van der Waals surface area contributed by atoms with Crippen LogP contribution >= 0.6 is 11.6 Å².